The van der Waals surface area contributed by atoms with Crippen LogP contribution in [0.3, 0.4) is 0 Å². The van der Waals surface area contributed by atoms with Crippen LogP contribution in [0.5, 0.6) is 0 Å². The molecular formula is C69H46N2. The van der Waals surface area contributed by atoms with Gasteiger partial charge in [0, 0.05) is 33.4 Å². The van der Waals surface area contributed by atoms with Crippen molar-refractivity contribution in [2.75, 3.05) is 4.90 Å². The Morgan fingerprint density at radius 3 is 1.48 bits per heavy atom. The molecule has 14 rings (SSSR count). The SMILES string of the molecule is c1ccc(N(c2ccccc2)c2ccccc2-c2ccc(-c3cc4c(c5ccccc35)c3cc5ccccc5cc3n4-c3ccc4c(c3)C(c3ccccc3)(c3ccccc3)c3ccccc3-4)cc2)cc1. The second-order valence-corrected chi connectivity index (χ2v) is 18.8. The first-order chi connectivity index (χ1) is 35.2. The number of nitrogens with zero attached hydrogens (tertiary/aromatic N) is 2. The van der Waals surface area contributed by atoms with E-state index in [2.05, 4.69) is 289 Å². The Kier molecular flexibility index (Phi) is 9.47. The molecule has 0 spiro atoms. The molecule has 0 unspecified atom stereocenters. The molecule has 1 heterocycles. The molecule has 0 saturated carbocycles. The molecule has 1 aliphatic rings. The fraction of sp³-hybridized carbons (Fsp3) is 0.0145. The average molecular weight is 903 g/mol. The molecule has 332 valence electrons. The Balaban J connectivity index is 0.996. The zero-order valence-corrected chi connectivity index (χ0v) is 39.0. The van der Waals surface area contributed by atoms with E-state index in [1.54, 1.807) is 0 Å². The standard InChI is InChI=1S/C69H46N2/c1-5-23-51(24-6-1)69(52-25-7-2-8-26-52)63-35-19-17-33-58(63)59-42-41-55(45-64(59)69)71-66-44-50-22-14-13-21-49(50)43-62(66)68-60-34-16-15-32-57(60)61(46-67(68)71)48-39-37-47(38-40-48)56-31-18-20-36-65(56)70(53-27-9-3-10-28-53)54-29-11-4-12-30-54/h1-46H. The van der Waals surface area contributed by atoms with Crippen molar-refractivity contribution in [3.63, 3.8) is 0 Å². The maximum atomic E-state index is 2.55. The Morgan fingerprint density at radius 2 is 0.817 bits per heavy atom. The Labute approximate surface area is 413 Å². The number of fused-ring (bicyclic) bond motifs is 9. The quantitative estimate of drug-likeness (QED) is 0.147. The van der Waals surface area contributed by atoms with Crippen molar-refractivity contribution in [1.82, 2.24) is 4.57 Å². The van der Waals surface area contributed by atoms with Gasteiger partial charge in [0.05, 0.1) is 22.1 Å². The summed E-state index contributed by atoms with van der Waals surface area (Å²) in [5.74, 6) is 0. The predicted octanol–water partition coefficient (Wildman–Crippen LogP) is 18.3. The van der Waals surface area contributed by atoms with E-state index in [1.165, 1.54) is 93.4 Å². The lowest BCUT2D eigenvalue weighted by Crippen LogP contribution is -2.28. The van der Waals surface area contributed by atoms with Gasteiger partial charge in [0.1, 0.15) is 0 Å². The van der Waals surface area contributed by atoms with Gasteiger partial charge in [-0.2, -0.15) is 0 Å². The minimum absolute atomic E-state index is 0.520. The van der Waals surface area contributed by atoms with E-state index in [4.69, 9.17) is 0 Å². The van der Waals surface area contributed by atoms with E-state index in [-0.39, 0.29) is 0 Å². The van der Waals surface area contributed by atoms with Gasteiger partial charge in [-0.05, 0) is 132 Å². The van der Waals surface area contributed by atoms with E-state index in [0.29, 0.717) is 0 Å². The van der Waals surface area contributed by atoms with Gasteiger partial charge in [-0.1, -0.05) is 218 Å². The fourth-order valence-electron chi connectivity index (χ4n) is 12.0. The smallest absolute Gasteiger partial charge is 0.0714 e. The highest BCUT2D eigenvalue weighted by Gasteiger charge is 2.46. The van der Waals surface area contributed by atoms with Gasteiger partial charge in [-0.25, -0.2) is 0 Å². The molecule has 0 saturated heterocycles. The number of anilines is 3. The molecule has 12 aromatic carbocycles. The van der Waals surface area contributed by atoms with Crippen molar-refractivity contribution in [1.29, 1.82) is 0 Å². The van der Waals surface area contributed by atoms with Gasteiger partial charge in [-0.15, -0.1) is 0 Å². The van der Waals surface area contributed by atoms with Gasteiger partial charge >= 0.3 is 0 Å². The van der Waals surface area contributed by atoms with Crippen LogP contribution in [0.25, 0.3) is 82.4 Å². The van der Waals surface area contributed by atoms with Crippen LogP contribution in [0.15, 0.2) is 279 Å². The summed E-state index contributed by atoms with van der Waals surface area (Å²) in [5, 5.41) is 7.44. The van der Waals surface area contributed by atoms with Crippen molar-refractivity contribution in [3.05, 3.63) is 301 Å². The molecule has 71 heavy (non-hydrogen) atoms. The molecular weight excluding hydrogens is 857 g/mol. The molecule has 1 aromatic heterocycles. The Bertz CT molecular complexity index is 4060. The molecule has 13 aromatic rings. The van der Waals surface area contributed by atoms with Gasteiger partial charge in [0.15, 0.2) is 0 Å². The molecule has 0 atom stereocenters. The average Bonchev–Trinajstić information content (AvgIpc) is 3.93. The monoisotopic (exact) mass is 902 g/mol. The number of hydrogen-bond acceptors (Lipinski definition) is 1. The molecule has 1 aliphatic carbocycles. The first-order valence-electron chi connectivity index (χ1n) is 24.6. The lowest BCUT2D eigenvalue weighted by atomic mass is 9.67. The summed E-state index contributed by atoms with van der Waals surface area (Å²) in [5.41, 5.74) is 18.7. The molecule has 0 fully saturated rings. The Morgan fingerprint density at radius 1 is 0.310 bits per heavy atom. The minimum Gasteiger partial charge on any atom is -0.310 e. The van der Waals surface area contributed by atoms with Crippen molar-refractivity contribution in [2.45, 2.75) is 5.41 Å². The van der Waals surface area contributed by atoms with Gasteiger partial charge in [0.25, 0.3) is 0 Å². The van der Waals surface area contributed by atoms with E-state index in [0.717, 1.165) is 28.3 Å². The zero-order valence-electron chi connectivity index (χ0n) is 39.0. The molecule has 0 radical (unpaired) electrons. The second-order valence-electron chi connectivity index (χ2n) is 18.8. The van der Waals surface area contributed by atoms with Crippen molar-refractivity contribution in [3.8, 4) is 39.1 Å². The van der Waals surface area contributed by atoms with Crippen LogP contribution in [0, 0.1) is 0 Å². The third kappa shape index (κ3) is 6.35. The normalized spacial score (nSPS) is 12.6. The number of para-hydroxylation sites is 3. The van der Waals surface area contributed by atoms with Crippen LogP contribution in [0.4, 0.5) is 17.1 Å². The summed E-state index contributed by atoms with van der Waals surface area (Å²) in [7, 11) is 0. The van der Waals surface area contributed by atoms with Crippen LogP contribution in [0.2, 0.25) is 0 Å². The number of aromatic nitrogens is 1. The first-order valence-corrected chi connectivity index (χ1v) is 24.6. The third-order valence-corrected chi connectivity index (χ3v) is 15.0. The fourth-order valence-corrected chi connectivity index (χ4v) is 12.0. The van der Waals surface area contributed by atoms with Crippen LogP contribution in [0.1, 0.15) is 22.3 Å². The molecule has 2 heteroatoms. The van der Waals surface area contributed by atoms with Gasteiger partial charge in [-0.3, -0.25) is 0 Å². The van der Waals surface area contributed by atoms with E-state index in [1.807, 2.05) is 0 Å². The first kappa shape index (κ1) is 40.8. The second kappa shape index (κ2) is 16.5. The highest BCUT2D eigenvalue weighted by atomic mass is 15.1. The van der Waals surface area contributed by atoms with Crippen molar-refractivity contribution >= 4 is 60.4 Å². The zero-order chi connectivity index (χ0) is 46.9. The Hall–Kier alpha value is -9.24. The van der Waals surface area contributed by atoms with Crippen molar-refractivity contribution in [2.24, 2.45) is 0 Å². The van der Waals surface area contributed by atoms with E-state index >= 15 is 0 Å². The lowest BCUT2D eigenvalue weighted by molar-refractivity contribution is 0.767. The summed E-state index contributed by atoms with van der Waals surface area (Å²) >= 11 is 0. The maximum absolute atomic E-state index is 2.55. The van der Waals surface area contributed by atoms with Crippen LogP contribution in [-0.4, -0.2) is 4.57 Å². The van der Waals surface area contributed by atoms with Crippen LogP contribution in [-0.2, 0) is 5.41 Å². The van der Waals surface area contributed by atoms with E-state index < -0.39 is 5.41 Å². The van der Waals surface area contributed by atoms with E-state index in [9.17, 15) is 0 Å². The summed E-state index contributed by atoms with van der Waals surface area (Å²) < 4.78 is 2.55. The van der Waals surface area contributed by atoms with Crippen LogP contribution >= 0.6 is 0 Å². The molecule has 2 nitrogen and oxygen atoms in total. The lowest BCUT2D eigenvalue weighted by Gasteiger charge is -2.34. The summed E-state index contributed by atoms with van der Waals surface area (Å²) in [6.07, 6.45) is 0. The molecule has 0 N–H and O–H groups in total. The predicted molar refractivity (Wildman–Crippen MR) is 299 cm³/mol. The van der Waals surface area contributed by atoms with Gasteiger partial charge < -0.3 is 9.47 Å². The molecule has 0 aliphatic heterocycles. The minimum atomic E-state index is -0.520. The highest BCUT2D eigenvalue weighted by molar-refractivity contribution is 6.26. The summed E-state index contributed by atoms with van der Waals surface area (Å²) in [6, 6.07) is 103. The third-order valence-electron chi connectivity index (χ3n) is 15.0. The number of rotatable bonds is 8. The van der Waals surface area contributed by atoms with Crippen LogP contribution < -0.4 is 4.90 Å². The summed E-state index contributed by atoms with van der Waals surface area (Å²) in [4.78, 5) is 2.36. The van der Waals surface area contributed by atoms with Crippen molar-refractivity contribution < 1.29 is 0 Å². The largest absolute Gasteiger partial charge is 0.310 e. The highest BCUT2D eigenvalue weighted by Crippen LogP contribution is 2.57. The molecule has 0 bridgehead atoms. The van der Waals surface area contributed by atoms with Gasteiger partial charge in [0.2, 0.25) is 0 Å². The topological polar surface area (TPSA) is 8.17 Å². The molecule has 0 amide bonds. The number of hydrogen-bond donors (Lipinski definition) is 0. The number of benzene rings is 12. The maximum Gasteiger partial charge on any atom is 0.0714 e. The summed E-state index contributed by atoms with van der Waals surface area (Å²) in [6.45, 7) is 0.